The van der Waals surface area contributed by atoms with Crippen molar-refractivity contribution in [3.8, 4) is 0 Å². The molecular weight excluding hydrogens is 212 g/mol. The molecule has 1 fully saturated rings. The van der Waals surface area contributed by atoms with E-state index < -0.39 is 0 Å². The molecule has 0 saturated carbocycles. The number of nitrogens with zero attached hydrogens (tertiary/aromatic N) is 3. The average Bonchev–Trinajstić information content (AvgIpc) is 2.74. The number of hydrogen-bond donors (Lipinski definition) is 1. The molecule has 17 heavy (non-hydrogen) atoms. The van der Waals surface area contributed by atoms with E-state index in [4.69, 9.17) is 0 Å². The Labute approximate surface area is 104 Å². The first-order valence-corrected chi connectivity index (χ1v) is 6.62. The van der Waals surface area contributed by atoms with E-state index in [1.165, 1.54) is 12.0 Å². The fourth-order valence-corrected chi connectivity index (χ4v) is 2.46. The molecule has 1 N–H and O–H groups in total. The standard InChI is InChI=1S/C13H24N4/c1-4-11(2)13-10-17(6-5-14-13)9-12-7-15-16(3)8-12/h7-8,11,13-14H,4-6,9-10H2,1-3H3. The van der Waals surface area contributed by atoms with Crippen LogP contribution in [0.4, 0.5) is 0 Å². The third-order valence-electron chi connectivity index (χ3n) is 3.78. The number of hydrogen-bond acceptors (Lipinski definition) is 3. The Bertz CT molecular complexity index is 347. The monoisotopic (exact) mass is 236 g/mol. The van der Waals surface area contributed by atoms with Crippen LogP contribution in [0.15, 0.2) is 12.4 Å². The first kappa shape index (κ1) is 12.6. The highest BCUT2D eigenvalue weighted by molar-refractivity contribution is 5.03. The van der Waals surface area contributed by atoms with Gasteiger partial charge >= 0.3 is 0 Å². The van der Waals surface area contributed by atoms with Crippen LogP contribution in [0.3, 0.4) is 0 Å². The first-order chi connectivity index (χ1) is 8.19. The van der Waals surface area contributed by atoms with Crippen molar-refractivity contribution in [2.75, 3.05) is 19.6 Å². The third-order valence-corrected chi connectivity index (χ3v) is 3.78. The molecular formula is C13H24N4. The second kappa shape index (κ2) is 5.65. The molecule has 2 atom stereocenters. The summed E-state index contributed by atoms with van der Waals surface area (Å²) in [5.41, 5.74) is 1.32. The Kier molecular flexibility index (Phi) is 4.18. The van der Waals surface area contributed by atoms with Gasteiger partial charge in [0.1, 0.15) is 0 Å². The maximum absolute atomic E-state index is 4.23. The Morgan fingerprint density at radius 2 is 2.41 bits per heavy atom. The molecule has 0 bridgehead atoms. The third kappa shape index (κ3) is 3.30. The maximum Gasteiger partial charge on any atom is 0.0534 e. The zero-order valence-corrected chi connectivity index (χ0v) is 11.2. The van der Waals surface area contributed by atoms with Crippen molar-refractivity contribution < 1.29 is 0 Å². The van der Waals surface area contributed by atoms with Crippen LogP contribution in [0.5, 0.6) is 0 Å². The molecule has 96 valence electrons. The van der Waals surface area contributed by atoms with Crippen LogP contribution < -0.4 is 5.32 Å². The van der Waals surface area contributed by atoms with Crippen molar-refractivity contribution in [3.05, 3.63) is 18.0 Å². The summed E-state index contributed by atoms with van der Waals surface area (Å²) >= 11 is 0. The molecule has 0 amide bonds. The van der Waals surface area contributed by atoms with Gasteiger partial charge in [-0.05, 0) is 5.92 Å². The Hall–Kier alpha value is -0.870. The predicted molar refractivity (Wildman–Crippen MR) is 69.7 cm³/mol. The van der Waals surface area contributed by atoms with Crippen LogP contribution in [0, 0.1) is 5.92 Å². The van der Waals surface area contributed by atoms with E-state index in [-0.39, 0.29) is 0 Å². The van der Waals surface area contributed by atoms with Gasteiger partial charge < -0.3 is 5.32 Å². The minimum absolute atomic E-state index is 0.644. The number of rotatable bonds is 4. The van der Waals surface area contributed by atoms with Crippen molar-refractivity contribution in [1.82, 2.24) is 20.0 Å². The summed E-state index contributed by atoms with van der Waals surface area (Å²) in [6.07, 6.45) is 5.33. The highest BCUT2D eigenvalue weighted by Crippen LogP contribution is 2.14. The molecule has 1 saturated heterocycles. The lowest BCUT2D eigenvalue weighted by atomic mass is 9.97. The Balaban J connectivity index is 1.89. The van der Waals surface area contributed by atoms with Gasteiger partial charge in [-0.25, -0.2) is 0 Å². The van der Waals surface area contributed by atoms with Gasteiger partial charge in [0.2, 0.25) is 0 Å². The summed E-state index contributed by atoms with van der Waals surface area (Å²) in [6.45, 7) is 9.04. The predicted octanol–water partition coefficient (Wildman–Crippen LogP) is 1.24. The first-order valence-electron chi connectivity index (χ1n) is 6.62. The van der Waals surface area contributed by atoms with Crippen LogP contribution in [0.2, 0.25) is 0 Å². The molecule has 0 radical (unpaired) electrons. The van der Waals surface area contributed by atoms with Crippen molar-refractivity contribution in [3.63, 3.8) is 0 Å². The van der Waals surface area contributed by atoms with Gasteiger partial charge in [-0.1, -0.05) is 20.3 Å². The van der Waals surface area contributed by atoms with Crippen LogP contribution in [-0.2, 0) is 13.6 Å². The Morgan fingerprint density at radius 3 is 3.06 bits per heavy atom. The normalized spacial score (nSPS) is 23.8. The molecule has 2 rings (SSSR count). The van der Waals surface area contributed by atoms with E-state index in [9.17, 15) is 0 Å². The average molecular weight is 236 g/mol. The highest BCUT2D eigenvalue weighted by Gasteiger charge is 2.23. The van der Waals surface area contributed by atoms with Gasteiger partial charge in [-0.15, -0.1) is 0 Å². The molecule has 1 aliphatic heterocycles. The van der Waals surface area contributed by atoms with E-state index in [1.807, 2.05) is 17.9 Å². The zero-order valence-electron chi connectivity index (χ0n) is 11.2. The van der Waals surface area contributed by atoms with Gasteiger partial charge in [0.25, 0.3) is 0 Å². The van der Waals surface area contributed by atoms with Gasteiger partial charge in [-0.2, -0.15) is 5.10 Å². The van der Waals surface area contributed by atoms with Crippen molar-refractivity contribution in [2.24, 2.45) is 13.0 Å². The lowest BCUT2D eigenvalue weighted by Crippen LogP contribution is -2.52. The summed E-state index contributed by atoms with van der Waals surface area (Å²) in [5.74, 6) is 0.756. The lowest BCUT2D eigenvalue weighted by Gasteiger charge is -2.36. The SMILES string of the molecule is CCC(C)C1CN(Cc2cnn(C)c2)CCN1. The number of nitrogens with one attached hydrogen (secondary N) is 1. The van der Waals surface area contributed by atoms with Crippen LogP contribution in [0.1, 0.15) is 25.8 Å². The fourth-order valence-electron chi connectivity index (χ4n) is 2.46. The van der Waals surface area contributed by atoms with Crippen molar-refractivity contribution in [2.45, 2.75) is 32.9 Å². The molecule has 4 heteroatoms. The van der Waals surface area contributed by atoms with E-state index in [0.29, 0.717) is 6.04 Å². The smallest absolute Gasteiger partial charge is 0.0534 e. The van der Waals surface area contributed by atoms with Crippen molar-refractivity contribution in [1.29, 1.82) is 0 Å². The molecule has 1 aliphatic rings. The molecule has 0 aromatic carbocycles. The molecule has 2 unspecified atom stereocenters. The van der Waals surface area contributed by atoms with Crippen LogP contribution in [0.25, 0.3) is 0 Å². The summed E-state index contributed by atoms with van der Waals surface area (Å²) in [4.78, 5) is 2.53. The summed E-state index contributed by atoms with van der Waals surface area (Å²) in [5, 5.41) is 7.86. The summed E-state index contributed by atoms with van der Waals surface area (Å²) in [7, 11) is 1.98. The summed E-state index contributed by atoms with van der Waals surface area (Å²) in [6, 6.07) is 0.644. The Morgan fingerprint density at radius 1 is 1.59 bits per heavy atom. The van der Waals surface area contributed by atoms with E-state index in [0.717, 1.165) is 32.1 Å². The molecule has 2 heterocycles. The van der Waals surface area contributed by atoms with Gasteiger partial charge in [-0.3, -0.25) is 9.58 Å². The molecule has 0 aliphatic carbocycles. The molecule has 4 nitrogen and oxygen atoms in total. The second-order valence-electron chi connectivity index (χ2n) is 5.20. The second-order valence-corrected chi connectivity index (χ2v) is 5.20. The maximum atomic E-state index is 4.23. The van der Waals surface area contributed by atoms with Crippen molar-refractivity contribution >= 4 is 0 Å². The van der Waals surface area contributed by atoms with Crippen LogP contribution >= 0.6 is 0 Å². The molecule has 1 aromatic heterocycles. The minimum Gasteiger partial charge on any atom is -0.311 e. The minimum atomic E-state index is 0.644. The van der Waals surface area contributed by atoms with Gasteiger partial charge in [0, 0.05) is 51.0 Å². The quantitative estimate of drug-likeness (QED) is 0.854. The number of piperazine rings is 1. The van der Waals surface area contributed by atoms with E-state index in [2.05, 4.69) is 35.4 Å². The van der Waals surface area contributed by atoms with E-state index >= 15 is 0 Å². The topological polar surface area (TPSA) is 33.1 Å². The number of aromatic nitrogens is 2. The highest BCUT2D eigenvalue weighted by atomic mass is 15.3. The summed E-state index contributed by atoms with van der Waals surface area (Å²) < 4.78 is 1.88. The van der Waals surface area contributed by atoms with Gasteiger partial charge in [0.15, 0.2) is 0 Å². The molecule has 0 spiro atoms. The number of aryl methyl sites for hydroxylation is 1. The van der Waals surface area contributed by atoms with Crippen LogP contribution in [-0.4, -0.2) is 40.4 Å². The lowest BCUT2D eigenvalue weighted by molar-refractivity contribution is 0.162. The van der Waals surface area contributed by atoms with E-state index in [1.54, 1.807) is 0 Å². The van der Waals surface area contributed by atoms with Gasteiger partial charge in [0.05, 0.1) is 6.20 Å². The zero-order chi connectivity index (χ0) is 12.3. The largest absolute Gasteiger partial charge is 0.311 e. The molecule has 1 aromatic rings. The fraction of sp³-hybridized carbons (Fsp3) is 0.769.